The number of nitrogens with one attached hydrogen (secondary N) is 1. The van der Waals surface area contributed by atoms with Crippen LogP contribution in [0.1, 0.15) is 27.8 Å². The standard InChI is InChI=1S/C29H27BrN2O3/c1-19-11-12-23(20(2)13-19)16-28(33)32-31-17-21-14-26(30)29(27(15-21)34-3)35-18-24-9-6-8-22-7-4-5-10-25(22)24/h4-15,17H,16,18H2,1-3H3,(H,32,33)/b31-17-. The van der Waals surface area contributed by atoms with E-state index >= 15 is 0 Å². The van der Waals surface area contributed by atoms with Crippen LogP contribution >= 0.6 is 15.9 Å². The van der Waals surface area contributed by atoms with Crippen LogP contribution in [0.5, 0.6) is 11.5 Å². The van der Waals surface area contributed by atoms with Gasteiger partial charge in [-0.2, -0.15) is 5.10 Å². The molecule has 178 valence electrons. The Hall–Kier alpha value is -3.64. The molecule has 0 aromatic heterocycles. The molecule has 4 aromatic carbocycles. The summed E-state index contributed by atoms with van der Waals surface area (Å²) in [7, 11) is 1.60. The predicted octanol–water partition coefficient (Wildman–Crippen LogP) is 6.50. The number of rotatable bonds is 8. The van der Waals surface area contributed by atoms with Crippen molar-refractivity contribution in [2.24, 2.45) is 5.10 Å². The average Bonchev–Trinajstić information content (AvgIpc) is 2.85. The predicted molar refractivity (Wildman–Crippen MR) is 144 cm³/mol. The van der Waals surface area contributed by atoms with Crippen LogP contribution in [0.2, 0.25) is 0 Å². The number of hydrogen-bond acceptors (Lipinski definition) is 4. The molecule has 0 aliphatic carbocycles. The Morgan fingerprint density at radius 2 is 1.80 bits per heavy atom. The summed E-state index contributed by atoms with van der Waals surface area (Å²) >= 11 is 3.59. The number of benzene rings is 4. The van der Waals surface area contributed by atoms with Crippen LogP contribution in [0, 0.1) is 13.8 Å². The van der Waals surface area contributed by atoms with Crippen molar-refractivity contribution in [2.45, 2.75) is 26.9 Å². The summed E-state index contributed by atoms with van der Waals surface area (Å²) in [6.07, 6.45) is 1.86. The van der Waals surface area contributed by atoms with Crippen LogP contribution in [0.15, 0.2) is 82.4 Å². The maximum Gasteiger partial charge on any atom is 0.244 e. The number of nitrogens with zero attached hydrogens (tertiary/aromatic N) is 1. The van der Waals surface area contributed by atoms with Gasteiger partial charge in [0.1, 0.15) is 6.61 Å². The fourth-order valence-electron chi connectivity index (χ4n) is 3.96. The van der Waals surface area contributed by atoms with Crippen molar-refractivity contribution in [3.05, 3.63) is 105 Å². The molecule has 0 aliphatic rings. The highest BCUT2D eigenvalue weighted by atomic mass is 79.9. The second-order valence-electron chi connectivity index (χ2n) is 8.36. The third kappa shape index (κ3) is 6.08. The third-order valence-electron chi connectivity index (χ3n) is 5.76. The Labute approximate surface area is 213 Å². The van der Waals surface area contributed by atoms with Gasteiger partial charge in [0.05, 0.1) is 24.2 Å². The molecule has 0 atom stereocenters. The van der Waals surface area contributed by atoms with E-state index in [2.05, 4.69) is 56.8 Å². The maximum atomic E-state index is 12.3. The van der Waals surface area contributed by atoms with E-state index < -0.39 is 0 Å². The van der Waals surface area contributed by atoms with Crippen LogP contribution in [0.25, 0.3) is 10.8 Å². The zero-order valence-electron chi connectivity index (χ0n) is 20.0. The van der Waals surface area contributed by atoms with Crippen molar-refractivity contribution in [3.63, 3.8) is 0 Å². The average molecular weight is 531 g/mol. The van der Waals surface area contributed by atoms with E-state index in [-0.39, 0.29) is 12.3 Å². The molecule has 0 saturated carbocycles. The molecule has 0 fully saturated rings. The summed E-state index contributed by atoms with van der Waals surface area (Å²) in [6.45, 7) is 4.44. The lowest BCUT2D eigenvalue weighted by molar-refractivity contribution is -0.120. The fraction of sp³-hybridized carbons (Fsp3) is 0.172. The normalized spacial score (nSPS) is 11.1. The summed E-state index contributed by atoms with van der Waals surface area (Å²) in [5.74, 6) is 1.01. The van der Waals surface area contributed by atoms with Crippen molar-refractivity contribution in [1.29, 1.82) is 0 Å². The maximum absolute atomic E-state index is 12.3. The smallest absolute Gasteiger partial charge is 0.244 e. The molecule has 0 heterocycles. The lowest BCUT2D eigenvalue weighted by atomic mass is 10.0. The van der Waals surface area contributed by atoms with Crippen LogP contribution < -0.4 is 14.9 Å². The summed E-state index contributed by atoms with van der Waals surface area (Å²) in [5.41, 5.74) is 7.71. The minimum absolute atomic E-state index is 0.172. The van der Waals surface area contributed by atoms with Crippen molar-refractivity contribution < 1.29 is 14.3 Å². The Balaban J connectivity index is 1.43. The van der Waals surface area contributed by atoms with Gasteiger partial charge in [-0.05, 0) is 74.9 Å². The molecule has 0 unspecified atom stereocenters. The number of aryl methyl sites for hydroxylation is 2. The quantitative estimate of drug-likeness (QED) is 0.209. The lowest BCUT2D eigenvalue weighted by Crippen LogP contribution is -2.20. The first-order valence-electron chi connectivity index (χ1n) is 11.3. The number of amides is 1. The van der Waals surface area contributed by atoms with Gasteiger partial charge in [0.15, 0.2) is 11.5 Å². The summed E-state index contributed by atoms with van der Waals surface area (Å²) in [4.78, 5) is 12.3. The van der Waals surface area contributed by atoms with Crippen molar-refractivity contribution in [1.82, 2.24) is 5.43 Å². The van der Waals surface area contributed by atoms with Crippen LogP contribution in [-0.2, 0) is 17.8 Å². The van der Waals surface area contributed by atoms with E-state index in [0.717, 1.165) is 32.1 Å². The van der Waals surface area contributed by atoms with E-state index in [1.165, 1.54) is 10.9 Å². The third-order valence-corrected chi connectivity index (χ3v) is 6.34. The number of carbonyl (C=O) groups is 1. The summed E-state index contributed by atoms with van der Waals surface area (Å²) in [5, 5.41) is 6.45. The molecule has 1 N–H and O–H groups in total. The highest BCUT2D eigenvalue weighted by Crippen LogP contribution is 2.37. The largest absolute Gasteiger partial charge is 0.493 e. The molecule has 0 radical (unpaired) electrons. The highest BCUT2D eigenvalue weighted by molar-refractivity contribution is 9.10. The number of fused-ring (bicyclic) bond motifs is 1. The van der Waals surface area contributed by atoms with Gasteiger partial charge in [0.2, 0.25) is 5.91 Å². The first-order chi connectivity index (χ1) is 16.9. The minimum Gasteiger partial charge on any atom is -0.493 e. The Morgan fingerprint density at radius 1 is 1.00 bits per heavy atom. The number of ether oxygens (including phenoxy) is 2. The van der Waals surface area contributed by atoms with E-state index in [0.29, 0.717) is 18.1 Å². The first kappa shape index (κ1) is 24.5. The van der Waals surface area contributed by atoms with Gasteiger partial charge in [0, 0.05) is 0 Å². The molecule has 1 amide bonds. The van der Waals surface area contributed by atoms with Gasteiger partial charge in [-0.15, -0.1) is 0 Å². The van der Waals surface area contributed by atoms with Crippen LogP contribution in [0.3, 0.4) is 0 Å². The van der Waals surface area contributed by atoms with Crippen molar-refractivity contribution >= 4 is 38.8 Å². The molecule has 4 rings (SSSR count). The molecular formula is C29H27BrN2O3. The minimum atomic E-state index is -0.172. The first-order valence-corrected chi connectivity index (χ1v) is 12.1. The topological polar surface area (TPSA) is 59.9 Å². The summed E-state index contributed by atoms with van der Waals surface area (Å²) in [6, 6.07) is 24.2. The van der Waals surface area contributed by atoms with E-state index in [1.54, 1.807) is 13.3 Å². The molecule has 0 spiro atoms. The van der Waals surface area contributed by atoms with Crippen molar-refractivity contribution in [3.8, 4) is 11.5 Å². The molecule has 35 heavy (non-hydrogen) atoms. The molecular weight excluding hydrogens is 504 g/mol. The van der Waals surface area contributed by atoms with E-state index in [9.17, 15) is 4.79 Å². The molecule has 0 saturated heterocycles. The zero-order chi connectivity index (χ0) is 24.8. The Kier molecular flexibility index (Phi) is 7.83. The van der Waals surface area contributed by atoms with Gasteiger partial charge in [-0.1, -0.05) is 66.2 Å². The highest BCUT2D eigenvalue weighted by Gasteiger charge is 2.13. The van der Waals surface area contributed by atoms with Gasteiger partial charge in [-0.25, -0.2) is 5.43 Å². The Bertz CT molecular complexity index is 1390. The SMILES string of the molecule is COc1cc(/C=N\NC(=O)Cc2ccc(C)cc2C)cc(Br)c1OCc1cccc2ccccc12. The zero-order valence-corrected chi connectivity index (χ0v) is 21.6. The Morgan fingerprint density at radius 3 is 2.60 bits per heavy atom. The number of carbonyl (C=O) groups excluding carboxylic acids is 1. The van der Waals surface area contributed by atoms with Crippen LogP contribution in [0.4, 0.5) is 0 Å². The van der Waals surface area contributed by atoms with Gasteiger partial charge < -0.3 is 9.47 Å². The number of halogens is 1. The second-order valence-corrected chi connectivity index (χ2v) is 9.22. The summed E-state index contributed by atoms with van der Waals surface area (Å²) < 4.78 is 12.5. The number of hydrogen-bond donors (Lipinski definition) is 1. The van der Waals surface area contributed by atoms with E-state index in [1.807, 2.05) is 56.3 Å². The molecule has 0 bridgehead atoms. The van der Waals surface area contributed by atoms with Gasteiger partial charge in [0.25, 0.3) is 0 Å². The van der Waals surface area contributed by atoms with Gasteiger partial charge >= 0.3 is 0 Å². The van der Waals surface area contributed by atoms with Gasteiger partial charge in [-0.3, -0.25) is 4.79 Å². The molecule has 6 heteroatoms. The fourth-order valence-corrected chi connectivity index (χ4v) is 4.53. The molecule has 4 aromatic rings. The number of hydrazone groups is 1. The number of methoxy groups -OCH3 is 1. The monoisotopic (exact) mass is 530 g/mol. The van der Waals surface area contributed by atoms with Crippen molar-refractivity contribution in [2.75, 3.05) is 7.11 Å². The second kappa shape index (κ2) is 11.2. The molecule has 5 nitrogen and oxygen atoms in total. The van der Waals surface area contributed by atoms with Crippen LogP contribution in [-0.4, -0.2) is 19.2 Å². The lowest BCUT2D eigenvalue weighted by Gasteiger charge is -2.14. The van der Waals surface area contributed by atoms with E-state index in [4.69, 9.17) is 9.47 Å². The molecule has 0 aliphatic heterocycles.